The molecule has 1 aromatic heterocycles. The highest BCUT2D eigenvalue weighted by molar-refractivity contribution is 6.09. The van der Waals surface area contributed by atoms with Crippen LogP contribution in [0.5, 0.6) is 0 Å². The number of anilines is 3. The number of hydrogen-bond acceptors (Lipinski definition) is 6. The molecule has 2 aromatic rings. The fourth-order valence-corrected chi connectivity index (χ4v) is 1.89. The number of nitrogens with one attached hydrogen (secondary N) is 1. The van der Waals surface area contributed by atoms with E-state index >= 15 is 0 Å². The van der Waals surface area contributed by atoms with Crippen molar-refractivity contribution in [1.82, 2.24) is 4.98 Å². The zero-order chi connectivity index (χ0) is 16.3. The minimum Gasteiger partial charge on any atom is -0.398 e. The molecule has 0 aliphatic heterocycles. The lowest BCUT2D eigenvalue weighted by Gasteiger charge is -2.17. The largest absolute Gasteiger partial charge is 0.398 e. The third kappa shape index (κ3) is 3.11. The number of aromatic nitrogens is 1. The van der Waals surface area contributed by atoms with Gasteiger partial charge in [0.15, 0.2) is 0 Å². The van der Waals surface area contributed by atoms with Crippen LogP contribution < -0.4 is 16.0 Å². The third-order valence-electron chi connectivity index (χ3n) is 3.02. The van der Waals surface area contributed by atoms with Gasteiger partial charge in [0, 0.05) is 38.1 Å². The average molecular weight is 301 g/mol. The van der Waals surface area contributed by atoms with Crippen molar-refractivity contribution in [2.24, 2.45) is 0 Å². The minimum absolute atomic E-state index is 0.0516. The predicted octanol–water partition coefficient (Wildman–Crippen LogP) is 1.89. The molecule has 0 fully saturated rings. The monoisotopic (exact) mass is 301 g/mol. The lowest BCUT2D eigenvalue weighted by Crippen LogP contribution is -2.18. The van der Waals surface area contributed by atoms with E-state index in [0.717, 1.165) is 6.07 Å². The van der Waals surface area contributed by atoms with Crippen molar-refractivity contribution in [1.29, 1.82) is 0 Å². The van der Waals surface area contributed by atoms with Crippen molar-refractivity contribution in [3.63, 3.8) is 0 Å². The summed E-state index contributed by atoms with van der Waals surface area (Å²) in [6, 6.07) is 5.39. The van der Waals surface area contributed by atoms with Gasteiger partial charge in [-0.25, -0.2) is 0 Å². The van der Waals surface area contributed by atoms with Crippen molar-refractivity contribution < 1.29 is 9.72 Å². The van der Waals surface area contributed by atoms with Gasteiger partial charge in [0.2, 0.25) is 0 Å². The maximum Gasteiger partial charge on any atom is 0.270 e. The van der Waals surface area contributed by atoms with E-state index in [1.54, 1.807) is 23.4 Å². The second kappa shape index (κ2) is 6.08. The van der Waals surface area contributed by atoms with E-state index in [1.165, 1.54) is 12.1 Å². The van der Waals surface area contributed by atoms with Crippen LogP contribution in [-0.4, -0.2) is 29.9 Å². The average Bonchev–Trinajstić information content (AvgIpc) is 2.47. The summed E-state index contributed by atoms with van der Waals surface area (Å²) in [6.07, 6.45) is 3.14. The van der Waals surface area contributed by atoms with Gasteiger partial charge in [-0.15, -0.1) is 0 Å². The van der Waals surface area contributed by atoms with Crippen molar-refractivity contribution in [3.05, 3.63) is 52.3 Å². The van der Waals surface area contributed by atoms with Gasteiger partial charge in [-0.2, -0.15) is 0 Å². The van der Waals surface area contributed by atoms with E-state index in [4.69, 9.17) is 5.73 Å². The Hall–Kier alpha value is -3.16. The number of nitrogens with zero attached hydrogens (tertiary/aromatic N) is 3. The number of amides is 1. The van der Waals surface area contributed by atoms with E-state index in [-0.39, 0.29) is 16.9 Å². The zero-order valence-corrected chi connectivity index (χ0v) is 12.1. The number of nitrogens with two attached hydrogens (primary N) is 1. The van der Waals surface area contributed by atoms with Crippen LogP contribution in [-0.2, 0) is 0 Å². The third-order valence-corrected chi connectivity index (χ3v) is 3.02. The Labute approximate surface area is 126 Å². The number of nitro benzene ring substituents is 1. The molecule has 1 amide bonds. The predicted molar refractivity (Wildman–Crippen MR) is 84.0 cm³/mol. The summed E-state index contributed by atoms with van der Waals surface area (Å²) in [5.41, 5.74) is 7.01. The molecule has 0 aliphatic rings. The first kappa shape index (κ1) is 15.2. The quantitative estimate of drug-likeness (QED) is 0.506. The number of carbonyl (C=O) groups is 1. The smallest absolute Gasteiger partial charge is 0.270 e. The highest BCUT2D eigenvalue weighted by Gasteiger charge is 2.17. The van der Waals surface area contributed by atoms with Gasteiger partial charge in [-0.1, -0.05) is 0 Å². The summed E-state index contributed by atoms with van der Waals surface area (Å²) in [5, 5.41) is 13.5. The molecule has 0 unspecified atom stereocenters. The Morgan fingerprint density at radius 2 is 2.09 bits per heavy atom. The van der Waals surface area contributed by atoms with Gasteiger partial charge in [-0.3, -0.25) is 19.9 Å². The number of carbonyl (C=O) groups excluding carboxylic acids is 1. The molecule has 3 N–H and O–H groups in total. The lowest BCUT2D eigenvalue weighted by atomic mass is 10.1. The van der Waals surface area contributed by atoms with Gasteiger partial charge in [0.25, 0.3) is 11.6 Å². The number of nitro groups is 1. The zero-order valence-electron chi connectivity index (χ0n) is 12.1. The molecule has 0 saturated heterocycles. The summed E-state index contributed by atoms with van der Waals surface area (Å²) >= 11 is 0. The summed E-state index contributed by atoms with van der Waals surface area (Å²) in [6.45, 7) is 0. The molecular weight excluding hydrogens is 286 g/mol. The van der Waals surface area contributed by atoms with Crippen LogP contribution in [0.3, 0.4) is 0 Å². The Balaban J connectivity index is 2.34. The molecule has 0 spiro atoms. The van der Waals surface area contributed by atoms with Crippen LogP contribution in [0.1, 0.15) is 10.4 Å². The Morgan fingerprint density at radius 3 is 2.73 bits per heavy atom. The van der Waals surface area contributed by atoms with Crippen molar-refractivity contribution >= 4 is 28.7 Å². The van der Waals surface area contributed by atoms with E-state index in [9.17, 15) is 14.9 Å². The Morgan fingerprint density at radius 1 is 1.36 bits per heavy atom. The van der Waals surface area contributed by atoms with E-state index in [2.05, 4.69) is 10.3 Å². The van der Waals surface area contributed by atoms with Crippen LogP contribution in [0.25, 0.3) is 0 Å². The molecule has 8 heteroatoms. The van der Waals surface area contributed by atoms with Crippen LogP contribution in [0.4, 0.5) is 22.7 Å². The normalized spacial score (nSPS) is 10.1. The maximum atomic E-state index is 12.3. The van der Waals surface area contributed by atoms with E-state index in [1.807, 2.05) is 14.1 Å². The molecule has 0 atom stereocenters. The van der Waals surface area contributed by atoms with Gasteiger partial charge in [0.05, 0.1) is 28.1 Å². The summed E-state index contributed by atoms with van der Waals surface area (Å²) in [5.74, 6) is -0.518. The van der Waals surface area contributed by atoms with Crippen LogP contribution in [0.15, 0.2) is 36.7 Å². The van der Waals surface area contributed by atoms with Crippen molar-refractivity contribution in [2.75, 3.05) is 30.0 Å². The molecule has 1 aromatic carbocycles. The van der Waals surface area contributed by atoms with Crippen molar-refractivity contribution in [3.8, 4) is 0 Å². The highest BCUT2D eigenvalue weighted by Crippen LogP contribution is 2.25. The number of non-ortho nitro benzene ring substituents is 1. The molecule has 0 bridgehead atoms. The molecule has 8 nitrogen and oxygen atoms in total. The minimum atomic E-state index is -0.575. The topological polar surface area (TPSA) is 114 Å². The van der Waals surface area contributed by atoms with Gasteiger partial charge < -0.3 is 16.0 Å². The lowest BCUT2D eigenvalue weighted by molar-refractivity contribution is -0.384. The standard InChI is InChI=1S/C14H15N5O3/c1-18(2)13-8-16-6-5-12(13)17-14(20)10-7-9(19(21)22)3-4-11(10)15/h3-8H,15H2,1-2H3,(H,16,17,20). The summed E-state index contributed by atoms with van der Waals surface area (Å²) in [4.78, 5) is 28.3. The van der Waals surface area contributed by atoms with Crippen LogP contribution in [0.2, 0.25) is 0 Å². The molecule has 1 heterocycles. The van der Waals surface area contributed by atoms with Gasteiger partial charge in [0.1, 0.15) is 0 Å². The Bertz CT molecular complexity index is 730. The molecule has 0 saturated carbocycles. The molecule has 22 heavy (non-hydrogen) atoms. The molecular formula is C14H15N5O3. The van der Waals surface area contributed by atoms with Crippen molar-refractivity contribution in [2.45, 2.75) is 0 Å². The highest BCUT2D eigenvalue weighted by atomic mass is 16.6. The summed E-state index contributed by atoms with van der Waals surface area (Å²) in [7, 11) is 3.63. The van der Waals surface area contributed by atoms with E-state index in [0.29, 0.717) is 11.4 Å². The fourth-order valence-electron chi connectivity index (χ4n) is 1.89. The summed E-state index contributed by atoms with van der Waals surface area (Å²) < 4.78 is 0. The van der Waals surface area contributed by atoms with Crippen LogP contribution >= 0.6 is 0 Å². The SMILES string of the molecule is CN(C)c1cnccc1NC(=O)c1cc([N+](=O)[O-])ccc1N. The molecule has 2 rings (SSSR count). The van der Waals surface area contributed by atoms with Crippen LogP contribution in [0, 0.1) is 10.1 Å². The fraction of sp³-hybridized carbons (Fsp3) is 0.143. The Kier molecular flexibility index (Phi) is 4.21. The van der Waals surface area contributed by atoms with Gasteiger partial charge in [-0.05, 0) is 12.1 Å². The first-order chi connectivity index (χ1) is 10.4. The first-order valence-corrected chi connectivity index (χ1v) is 6.36. The maximum absolute atomic E-state index is 12.3. The second-order valence-corrected chi connectivity index (χ2v) is 4.77. The second-order valence-electron chi connectivity index (χ2n) is 4.77. The first-order valence-electron chi connectivity index (χ1n) is 6.36. The molecule has 0 aliphatic carbocycles. The number of rotatable bonds is 4. The number of benzene rings is 1. The number of hydrogen-bond donors (Lipinski definition) is 2. The number of pyridine rings is 1. The molecule has 114 valence electrons. The van der Waals surface area contributed by atoms with Gasteiger partial charge >= 0.3 is 0 Å². The van der Waals surface area contributed by atoms with E-state index < -0.39 is 10.8 Å². The number of nitrogen functional groups attached to an aromatic ring is 1. The molecule has 0 radical (unpaired) electrons.